The van der Waals surface area contributed by atoms with Gasteiger partial charge < -0.3 is 0 Å². The number of hydrogen-bond acceptors (Lipinski definition) is 4. The Kier molecular flexibility index (Phi) is 6.48. The summed E-state index contributed by atoms with van der Waals surface area (Å²) < 4.78 is 0. The third-order valence-electron chi connectivity index (χ3n) is 13.9. The van der Waals surface area contributed by atoms with Crippen LogP contribution in [0.5, 0.6) is 0 Å². The van der Waals surface area contributed by atoms with Crippen LogP contribution in [0.25, 0.3) is 56.4 Å². The fourth-order valence-electron chi connectivity index (χ4n) is 12.2. The van der Waals surface area contributed by atoms with Crippen molar-refractivity contribution in [3.8, 4) is 62.5 Å². The molecule has 0 atom stereocenters. The van der Waals surface area contributed by atoms with Crippen molar-refractivity contribution in [2.45, 2.75) is 49.4 Å². The van der Waals surface area contributed by atoms with E-state index in [4.69, 9.17) is 15.0 Å². The molecule has 0 saturated heterocycles. The Morgan fingerprint density at radius 3 is 1.60 bits per heavy atom. The highest BCUT2D eigenvalue weighted by Gasteiger charge is 2.55. The Balaban J connectivity index is 1.10. The number of nitrogens with zero attached hydrogens (tertiary/aromatic N) is 4. The molecule has 4 fully saturated rings. The molecule has 0 amide bonds. The number of benzene rings is 6. The summed E-state index contributed by atoms with van der Waals surface area (Å²) in [7, 11) is 0. The van der Waals surface area contributed by atoms with E-state index in [1.807, 2.05) is 54.6 Å². The Bertz CT molecular complexity index is 2690. The minimum absolute atomic E-state index is 0.292. The molecule has 7 aromatic rings. The van der Waals surface area contributed by atoms with E-state index in [0.717, 1.165) is 34.4 Å². The van der Waals surface area contributed by atoms with Gasteiger partial charge in [-0.15, -0.1) is 0 Å². The summed E-state index contributed by atoms with van der Waals surface area (Å²) in [5, 5.41) is 9.72. The average Bonchev–Trinajstić information content (AvgIpc) is 3.70. The molecule has 4 heteroatoms. The summed E-state index contributed by atoms with van der Waals surface area (Å²) in [5.74, 6) is 4.43. The van der Waals surface area contributed by atoms with E-state index in [1.54, 1.807) is 5.56 Å². The number of rotatable bonds is 4. The number of fused-ring (bicyclic) bond motifs is 10. The first-order valence-electron chi connectivity index (χ1n) is 19.9. The van der Waals surface area contributed by atoms with E-state index >= 15 is 0 Å². The smallest absolute Gasteiger partial charge is 0.164 e. The molecule has 4 saturated carbocycles. The SMILES string of the molecule is N#Cc1cccc(-c2nc(-c3ccccc3)nc(-c3ccc4c(c3)C3(c5ccccc5-c5ccccc53)c3cc(C56CC7CC(CC(C7)C5)C6)ccc3-4)n2)c1. The molecule has 6 aromatic carbocycles. The van der Waals surface area contributed by atoms with E-state index in [9.17, 15) is 5.26 Å². The first-order valence-corrected chi connectivity index (χ1v) is 19.9. The zero-order valence-corrected chi connectivity index (χ0v) is 30.5. The molecule has 262 valence electrons. The highest BCUT2D eigenvalue weighted by molar-refractivity contribution is 5.96. The molecule has 6 aliphatic rings. The first-order chi connectivity index (χ1) is 27.1. The Morgan fingerprint density at radius 2 is 0.964 bits per heavy atom. The van der Waals surface area contributed by atoms with Gasteiger partial charge in [0, 0.05) is 16.7 Å². The first kappa shape index (κ1) is 31.2. The van der Waals surface area contributed by atoms with E-state index in [-0.39, 0.29) is 0 Å². The average molecular weight is 707 g/mol. The third kappa shape index (κ3) is 4.41. The van der Waals surface area contributed by atoms with Crippen LogP contribution in [0, 0.1) is 29.1 Å². The molecule has 13 rings (SSSR count). The predicted octanol–water partition coefficient (Wildman–Crippen LogP) is 11.6. The minimum Gasteiger partial charge on any atom is -0.208 e. The van der Waals surface area contributed by atoms with E-state index < -0.39 is 5.41 Å². The van der Waals surface area contributed by atoms with Crippen molar-refractivity contribution in [1.29, 1.82) is 5.26 Å². The summed E-state index contributed by atoms with van der Waals surface area (Å²) in [5.41, 5.74) is 15.3. The van der Waals surface area contributed by atoms with Crippen LogP contribution in [0.4, 0.5) is 0 Å². The molecule has 4 bridgehead atoms. The van der Waals surface area contributed by atoms with Gasteiger partial charge in [0.15, 0.2) is 17.5 Å². The van der Waals surface area contributed by atoms with Gasteiger partial charge in [0.1, 0.15) is 0 Å². The Labute approximate surface area is 321 Å². The summed E-state index contributed by atoms with van der Waals surface area (Å²) >= 11 is 0. The van der Waals surface area contributed by atoms with Crippen LogP contribution in [0.2, 0.25) is 0 Å². The third-order valence-corrected chi connectivity index (χ3v) is 13.9. The van der Waals surface area contributed by atoms with Gasteiger partial charge in [-0.3, -0.25) is 0 Å². The van der Waals surface area contributed by atoms with Crippen LogP contribution >= 0.6 is 0 Å². The lowest BCUT2D eigenvalue weighted by molar-refractivity contribution is -0.00522. The van der Waals surface area contributed by atoms with Crippen LogP contribution < -0.4 is 0 Å². The van der Waals surface area contributed by atoms with Crippen molar-refractivity contribution in [1.82, 2.24) is 15.0 Å². The maximum Gasteiger partial charge on any atom is 0.164 e. The maximum absolute atomic E-state index is 9.72. The summed E-state index contributed by atoms with van der Waals surface area (Å²) in [6.07, 6.45) is 8.36. The number of nitriles is 1. The topological polar surface area (TPSA) is 62.5 Å². The van der Waals surface area contributed by atoms with Crippen LogP contribution in [-0.4, -0.2) is 15.0 Å². The second kappa shape index (κ2) is 11.4. The number of hydrogen-bond donors (Lipinski definition) is 0. The van der Waals surface area contributed by atoms with Crippen molar-refractivity contribution < 1.29 is 0 Å². The van der Waals surface area contributed by atoms with Gasteiger partial charge in [-0.1, -0.05) is 121 Å². The van der Waals surface area contributed by atoms with Crippen molar-refractivity contribution in [2.75, 3.05) is 0 Å². The summed E-state index contributed by atoms with van der Waals surface area (Å²) in [6.45, 7) is 0. The molecule has 55 heavy (non-hydrogen) atoms. The molecule has 0 aliphatic heterocycles. The predicted molar refractivity (Wildman–Crippen MR) is 217 cm³/mol. The van der Waals surface area contributed by atoms with Crippen LogP contribution in [-0.2, 0) is 10.8 Å². The normalized spacial score (nSPS) is 22.9. The number of aromatic nitrogens is 3. The fraction of sp³-hybridized carbons (Fsp3) is 0.216. The molecule has 0 N–H and O–H groups in total. The lowest BCUT2D eigenvalue weighted by atomic mass is 9.48. The molecule has 1 aromatic heterocycles. The zero-order valence-electron chi connectivity index (χ0n) is 30.5. The van der Waals surface area contributed by atoms with Gasteiger partial charge in [0.25, 0.3) is 0 Å². The lowest BCUT2D eigenvalue weighted by Gasteiger charge is -2.57. The highest BCUT2D eigenvalue weighted by Crippen LogP contribution is 2.65. The van der Waals surface area contributed by atoms with Gasteiger partial charge in [-0.2, -0.15) is 5.26 Å². The largest absolute Gasteiger partial charge is 0.208 e. The molecule has 4 nitrogen and oxygen atoms in total. The summed E-state index contributed by atoms with van der Waals surface area (Å²) in [6, 6.07) is 52.6. The fourth-order valence-corrected chi connectivity index (χ4v) is 12.2. The van der Waals surface area contributed by atoms with E-state index in [2.05, 4.69) is 91.0 Å². The van der Waals surface area contributed by atoms with E-state index in [1.165, 1.54) is 83.0 Å². The van der Waals surface area contributed by atoms with E-state index in [0.29, 0.717) is 28.5 Å². The van der Waals surface area contributed by atoms with Crippen molar-refractivity contribution in [3.63, 3.8) is 0 Å². The van der Waals surface area contributed by atoms with Crippen LogP contribution in [0.15, 0.2) is 140 Å². The van der Waals surface area contributed by atoms with Crippen molar-refractivity contribution >= 4 is 0 Å². The minimum atomic E-state index is -0.467. The second-order valence-corrected chi connectivity index (χ2v) is 16.9. The van der Waals surface area contributed by atoms with Gasteiger partial charge in [0.05, 0.1) is 17.0 Å². The van der Waals surface area contributed by atoms with Crippen LogP contribution in [0.1, 0.15) is 71.9 Å². The summed E-state index contributed by atoms with van der Waals surface area (Å²) in [4.78, 5) is 15.3. The quantitative estimate of drug-likeness (QED) is 0.183. The van der Waals surface area contributed by atoms with Gasteiger partial charge in [0.2, 0.25) is 0 Å². The molecule has 0 unspecified atom stereocenters. The van der Waals surface area contributed by atoms with Gasteiger partial charge in [-0.25, -0.2) is 15.0 Å². The van der Waals surface area contributed by atoms with Gasteiger partial charge in [-0.05, 0) is 130 Å². The van der Waals surface area contributed by atoms with Crippen molar-refractivity contribution in [2.24, 2.45) is 17.8 Å². The van der Waals surface area contributed by atoms with Gasteiger partial charge >= 0.3 is 0 Å². The lowest BCUT2D eigenvalue weighted by Crippen LogP contribution is -2.48. The van der Waals surface area contributed by atoms with Crippen LogP contribution in [0.3, 0.4) is 0 Å². The molecule has 6 aliphatic carbocycles. The molecular formula is C51H38N4. The Hall–Kier alpha value is -6.18. The maximum atomic E-state index is 9.72. The molecule has 1 spiro atoms. The molecule has 0 radical (unpaired) electrons. The highest BCUT2D eigenvalue weighted by atomic mass is 15.0. The standard InChI is InChI=1S/C51H38N4/c52-30-31-9-8-12-36(24-31)48-53-47(35-10-2-1-3-11-35)54-49(55-48)37-17-19-41-42-20-18-38(50-27-32-21-33(28-50)23-34(22-32)29-50)26-46(42)51(45(41)25-37)43-15-6-4-13-39(43)40-14-5-7-16-44(40)51/h1-20,24-26,32-34H,21-23,27-29H2. The monoisotopic (exact) mass is 706 g/mol. The molecular weight excluding hydrogens is 669 g/mol. The second-order valence-electron chi connectivity index (χ2n) is 16.9. The van der Waals surface area contributed by atoms with Crippen molar-refractivity contribution in [3.05, 3.63) is 173 Å². The molecule has 1 heterocycles. The Morgan fingerprint density at radius 1 is 0.455 bits per heavy atom. The zero-order chi connectivity index (χ0) is 36.3.